The normalized spacial score (nSPS) is 12.3. The van der Waals surface area contributed by atoms with E-state index in [1.807, 2.05) is 12.1 Å². The molecule has 0 aliphatic heterocycles. The second-order valence-corrected chi connectivity index (χ2v) is 9.37. The molecule has 0 fully saturated rings. The van der Waals surface area contributed by atoms with Gasteiger partial charge in [-0.3, -0.25) is 14.2 Å². The quantitative estimate of drug-likeness (QED) is 0.318. The summed E-state index contributed by atoms with van der Waals surface area (Å²) in [6.07, 6.45) is 0.783. The van der Waals surface area contributed by atoms with Gasteiger partial charge in [0.1, 0.15) is 5.82 Å². The van der Waals surface area contributed by atoms with Crippen LogP contribution in [-0.2, 0) is 11.3 Å². The average Bonchev–Trinajstić information content (AvgIpc) is 2.80. The van der Waals surface area contributed by atoms with E-state index in [9.17, 15) is 14.0 Å². The van der Waals surface area contributed by atoms with E-state index in [-0.39, 0.29) is 16.3 Å². The molecule has 1 atom stereocenters. The number of anilines is 1. The lowest BCUT2D eigenvalue weighted by atomic mass is 10.2. The fraction of sp³-hybridized carbons (Fsp3) is 0.375. The van der Waals surface area contributed by atoms with Gasteiger partial charge in [0.25, 0.3) is 5.56 Å². The maximum Gasteiger partial charge on any atom is 0.262 e. The van der Waals surface area contributed by atoms with E-state index in [1.54, 1.807) is 23.6 Å². The first kappa shape index (κ1) is 25.2. The Kier molecular flexibility index (Phi) is 8.88. The van der Waals surface area contributed by atoms with Crippen molar-refractivity contribution in [3.8, 4) is 0 Å². The number of amides is 1. The summed E-state index contributed by atoms with van der Waals surface area (Å²) in [6.45, 7) is 9.17. The highest BCUT2D eigenvalue weighted by atomic mass is 35.5. The number of para-hydroxylation sites is 1. The minimum Gasteiger partial charge on any atom is -0.323 e. The molecule has 0 saturated carbocycles. The molecule has 0 bridgehead atoms. The molecule has 6 nitrogen and oxygen atoms in total. The number of carbonyl (C=O) groups excluding carboxylic acids is 1. The molecule has 1 aromatic heterocycles. The molecule has 1 amide bonds. The molecule has 9 heteroatoms. The molecular weight excluding hydrogens is 463 g/mol. The van der Waals surface area contributed by atoms with Crippen molar-refractivity contribution in [1.82, 2.24) is 14.5 Å². The summed E-state index contributed by atoms with van der Waals surface area (Å²) < 4.78 is 15.7. The van der Waals surface area contributed by atoms with Crippen LogP contribution in [0.5, 0.6) is 0 Å². The monoisotopic (exact) mass is 490 g/mol. The summed E-state index contributed by atoms with van der Waals surface area (Å²) >= 11 is 6.97. The number of benzene rings is 2. The molecule has 176 valence electrons. The SMILES string of the molecule is CCN(CC)CCCn1c(S[C@@H](C)C(=O)Nc2ccc(Cl)cc2F)nc2ccccc2c1=O. The van der Waals surface area contributed by atoms with E-state index in [0.717, 1.165) is 32.1 Å². The second kappa shape index (κ2) is 11.6. The van der Waals surface area contributed by atoms with Crippen LogP contribution in [0.4, 0.5) is 10.1 Å². The fourth-order valence-corrected chi connectivity index (χ4v) is 4.56. The lowest BCUT2D eigenvalue weighted by molar-refractivity contribution is -0.115. The van der Waals surface area contributed by atoms with E-state index in [0.29, 0.717) is 22.6 Å². The first-order valence-electron chi connectivity index (χ1n) is 11.0. The molecular formula is C24H28ClFN4O2S. The van der Waals surface area contributed by atoms with E-state index >= 15 is 0 Å². The molecule has 33 heavy (non-hydrogen) atoms. The van der Waals surface area contributed by atoms with Gasteiger partial charge in [-0.05, 0) is 63.3 Å². The van der Waals surface area contributed by atoms with Gasteiger partial charge in [-0.15, -0.1) is 0 Å². The first-order chi connectivity index (χ1) is 15.8. The van der Waals surface area contributed by atoms with E-state index in [1.165, 1.54) is 23.9 Å². The molecule has 1 heterocycles. The van der Waals surface area contributed by atoms with Gasteiger partial charge in [0, 0.05) is 11.6 Å². The van der Waals surface area contributed by atoms with Gasteiger partial charge in [0.2, 0.25) is 5.91 Å². The van der Waals surface area contributed by atoms with Gasteiger partial charge in [0.15, 0.2) is 5.16 Å². The molecule has 0 aliphatic carbocycles. The van der Waals surface area contributed by atoms with Crippen LogP contribution in [0.2, 0.25) is 5.02 Å². The molecule has 2 aromatic carbocycles. The van der Waals surface area contributed by atoms with Gasteiger partial charge < -0.3 is 10.2 Å². The smallest absolute Gasteiger partial charge is 0.262 e. The Bertz CT molecular complexity index is 1180. The topological polar surface area (TPSA) is 67.2 Å². The van der Waals surface area contributed by atoms with Gasteiger partial charge in [-0.25, -0.2) is 9.37 Å². The zero-order chi connectivity index (χ0) is 24.0. The van der Waals surface area contributed by atoms with Crippen LogP contribution in [0, 0.1) is 5.82 Å². The zero-order valence-electron chi connectivity index (χ0n) is 19.0. The number of hydrogen-bond donors (Lipinski definition) is 1. The van der Waals surface area contributed by atoms with Gasteiger partial charge >= 0.3 is 0 Å². The molecule has 0 radical (unpaired) electrons. The highest BCUT2D eigenvalue weighted by molar-refractivity contribution is 8.00. The largest absolute Gasteiger partial charge is 0.323 e. The number of thioether (sulfide) groups is 1. The molecule has 0 saturated heterocycles. The van der Waals surface area contributed by atoms with Crippen molar-refractivity contribution in [3.05, 3.63) is 63.7 Å². The Morgan fingerprint density at radius 1 is 1.24 bits per heavy atom. The Morgan fingerprint density at radius 2 is 1.97 bits per heavy atom. The van der Waals surface area contributed by atoms with Crippen LogP contribution < -0.4 is 10.9 Å². The van der Waals surface area contributed by atoms with Crippen molar-refractivity contribution in [3.63, 3.8) is 0 Å². The Labute approximate surface area is 202 Å². The minimum atomic E-state index is -0.609. The van der Waals surface area contributed by atoms with Crippen molar-refractivity contribution in [2.24, 2.45) is 0 Å². The lowest BCUT2D eigenvalue weighted by Crippen LogP contribution is -2.29. The Morgan fingerprint density at radius 3 is 2.67 bits per heavy atom. The van der Waals surface area contributed by atoms with Crippen LogP contribution in [0.3, 0.4) is 0 Å². The summed E-state index contributed by atoms with van der Waals surface area (Å²) in [5.74, 6) is -0.997. The summed E-state index contributed by atoms with van der Waals surface area (Å²) in [5, 5.41) is 3.25. The molecule has 0 spiro atoms. The first-order valence-corrected chi connectivity index (χ1v) is 12.2. The van der Waals surface area contributed by atoms with Crippen molar-refractivity contribution in [2.75, 3.05) is 25.0 Å². The Hall–Kier alpha value is -2.42. The predicted octanol–water partition coefficient (Wildman–Crippen LogP) is 5.04. The number of aromatic nitrogens is 2. The van der Waals surface area contributed by atoms with Crippen molar-refractivity contribution >= 4 is 45.9 Å². The number of nitrogens with zero attached hydrogens (tertiary/aromatic N) is 3. The number of fused-ring (bicyclic) bond motifs is 1. The summed E-state index contributed by atoms with van der Waals surface area (Å²) in [4.78, 5) is 32.9. The van der Waals surface area contributed by atoms with Gasteiger partial charge in [0.05, 0.1) is 21.8 Å². The molecule has 3 aromatic rings. The van der Waals surface area contributed by atoms with Gasteiger partial charge in [-0.2, -0.15) is 0 Å². The number of halogens is 2. The van der Waals surface area contributed by atoms with Crippen molar-refractivity contribution < 1.29 is 9.18 Å². The maximum absolute atomic E-state index is 14.1. The third-order valence-corrected chi connectivity index (χ3v) is 6.74. The van der Waals surface area contributed by atoms with Crippen LogP contribution in [-0.4, -0.2) is 45.2 Å². The number of carbonyl (C=O) groups is 1. The maximum atomic E-state index is 14.1. The molecule has 1 N–H and O–H groups in total. The predicted molar refractivity (Wildman–Crippen MR) is 134 cm³/mol. The molecule has 0 unspecified atom stereocenters. The molecule has 3 rings (SSSR count). The number of nitrogens with one attached hydrogen (secondary N) is 1. The molecule has 0 aliphatic rings. The van der Waals surface area contributed by atoms with Crippen molar-refractivity contribution in [1.29, 1.82) is 0 Å². The van der Waals surface area contributed by atoms with E-state index in [4.69, 9.17) is 11.6 Å². The average molecular weight is 491 g/mol. The summed E-state index contributed by atoms with van der Waals surface area (Å²) in [6, 6.07) is 11.3. The summed E-state index contributed by atoms with van der Waals surface area (Å²) in [7, 11) is 0. The minimum absolute atomic E-state index is 0.0555. The fourth-order valence-electron chi connectivity index (χ4n) is 3.46. The van der Waals surface area contributed by atoms with Crippen LogP contribution in [0.25, 0.3) is 10.9 Å². The standard InChI is InChI=1S/C24H28ClFN4O2S/c1-4-29(5-2)13-8-14-30-23(32)18-9-6-7-10-20(18)28-24(30)33-16(3)22(31)27-21-12-11-17(25)15-19(21)26/h6-7,9-12,15-16H,4-5,8,13-14H2,1-3H3,(H,27,31)/t16-/m0/s1. The van der Waals surface area contributed by atoms with E-state index < -0.39 is 17.0 Å². The highest BCUT2D eigenvalue weighted by Crippen LogP contribution is 2.25. The third kappa shape index (κ3) is 6.34. The highest BCUT2D eigenvalue weighted by Gasteiger charge is 2.20. The zero-order valence-corrected chi connectivity index (χ0v) is 20.5. The lowest BCUT2D eigenvalue weighted by Gasteiger charge is -2.20. The van der Waals surface area contributed by atoms with Crippen LogP contribution in [0.1, 0.15) is 27.2 Å². The van der Waals surface area contributed by atoms with E-state index in [2.05, 4.69) is 29.0 Å². The third-order valence-electron chi connectivity index (χ3n) is 5.42. The van der Waals surface area contributed by atoms with Crippen LogP contribution in [0.15, 0.2) is 52.4 Å². The van der Waals surface area contributed by atoms with Gasteiger partial charge in [-0.1, -0.05) is 49.3 Å². The summed E-state index contributed by atoms with van der Waals surface area (Å²) in [5.41, 5.74) is 0.514. The second-order valence-electron chi connectivity index (χ2n) is 7.62. The number of rotatable bonds is 10. The van der Waals surface area contributed by atoms with Crippen LogP contribution >= 0.6 is 23.4 Å². The Balaban J connectivity index is 1.83. The number of hydrogen-bond acceptors (Lipinski definition) is 5. The van der Waals surface area contributed by atoms with Crippen molar-refractivity contribution in [2.45, 2.75) is 44.1 Å².